The molecule has 0 saturated carbocycles. The first-order chi connectivity index (χ1) is 3.15. The Morgan fingerprint density at radius 1 is 1.29 bits per heavy atom. The smallest absolute Gasteiger partial charge is 0.0274 e. The minimum Gasteiger partial charge on any atom is -0.180 e. The summed E-state index contributed by atoms with van der Waals surface area (Å²) in [6.45, 7) is 8.91. The molecular weight excluding hydrogens is 120 g/mol. The predicted molar refractivity (Wildman–Crippen MR) is 44.3 cm³/mol. The third-order valence-corrected chi connectivity index (χ3v) is 0. The summed E-state index contributed by atoms with van der Waals surface area (Å²) in [7, 11) is -0.139. The molecule has 0 saturated heterocycles. The number of thiol groups is 1. The largest absolute Gasteiger partial charge is 0.180 e. The lowest BCUT2D eigenvalue weighted by atomic mass is 11.0. The van der Waals surface area contributed by atoms with Crippen LogP contribution in [0.5, 0.6) is 0 Å². The van der Waals surface area contributed by atoms with Crippen molar-refractivity contribution in [1.29, 1.82) is 0 Å². The monoisotopic (exact) mass is 136 g/mol. The van der Waals surface area contributed by atoms with Gasteiger partial charge in [0.25, 0.3) is 0 Å². The van der Waals surface area contributed by atoms with Crippen molar-refractivity contribution in [2.45, 2.75) is 26.6 Å². The highest BCUT2D eigenvalue weighted by molar-refractivity contribution is 7.80. The van der Waals surface area contributed by atoms with Gasteiger partial charge in [0.15, 0.2) is 0 Å². The molecule has 0 unspecified atom stereocenters. The van der Waals surface area contributed by atoms with Crippen molar-refractivity contribution in [3.8, 4) is 0 Å². The van der Waals surface area contributed by atoms with Crippen LogP contribution in [0.3, 0.4) is 0 Å². The van der Waals surface area contributed by atoms with Crippen molar-refractivity contribution in [3.05, 3.63) is 0 Å². The predicted octanol–water partition coefficient (Wildman–Crippen LogP) is 2.04. The van der Waals surface area contributed by atoms with Gasteiger partial charge in [-0.1, -0.05) is 26.6 Å². The van der Waals surface area contributed by atoms with Gasteiger partial charge in [-0.05, 0) is 5.75 Å². The highest BCUT2D eigenvalue weighted by Gasteiger charge is 1.71. The van der Waals surface area contributed by atoms with Crippen LogP contribution in [0.25, 0.3) is 0 Å². The second-order valence-electron chi connectivity index (χ2n) is 2.05. The first-order valence-corrected chi connectivity index (χ1v) is 6.85. The zero-order chi connectivity index (χ0) is 6.28. The van der Waals surface area contributed by atoms with Crippen molar-refractivity contribution in [1.82, 2.24) is 0 Å². The van der Waals surface area contributed by atoms with E-state index in [1.807, 2.05) is 6.92 Å². The maximum Gasteiger partial charge on any atom is 0.0274 e. The molecule has 0 aliphatic carbocycles. The fourth-order valence-electron chi connectivity index (χ4n) is 0. The zero-order valence-electron chi connectivity index (χ0n) is 5.73. The highest BCUT2D eigenvalue weighted by Crippen LogP contribution is 1.68. The lowest BCUT2D eigenvalue weighted by Gasteiger charge is -1.75. The van der Waals surface area contributed by atoms with Crippen LogP contribution in [-0.2, 0) is 0 Å². The molecule has 0 aliphatic heterocycles. The molecule has 0 heterocycles. The highest BCUT2D eigenvalue weighted by atomic mass is 32.1. The van der Waals surface area contributed by atoms with Crippen LogP contribution in [0.4, 0.5) is 0 Å². The van der Waals surface area contributed by atoms with Crippen LogP contribution in [-0.4, -0.2) is 14.5 Å². The third kappa shape index (κ3) is 426. The van der Waals surface area contributed by atoms with Crippen LogP contribution in [0.1, 0.15) is 6.92 Å². The van der Waals surface area contributed by atoms with Gasteiger partial charge in [0.05, 0.1) is 0 Å². The Hall–Kier alpha value is 0.567. The average Bonchev–Trinajstić information content (AvgIpc) is 1.33. The molecule has 0 fully saturated rings. The van der Waals surface area contributed by atoms with E-state index in [0.717, 1.165) is 5.75 Å². The number of hydrogen-bond donors (Lipinski definition) is 1. The third-order valence-electron chi connectivity index (χ3n) is 0. The number of hydrogen-bond acceptors (Lipinski definition) is 1. The summed E-state index contributed by atoms with van der Waals surface area (Å²) in [5, 5.41) is 0. The van der Waals surface area contributed by atoms with Crippen molar-refractivity contribution in [3.63, 3.8) is 0 Å². The van der Waals surface area contributed by atoms with Gasteiger partial charge in [-0.2, -0.15) is 12.6 Å². The maximum absolute atomic E-state index is 3.79. The molecule has 0 rings (SSSR count). The molecule has 0 aromatic heterocycles. The zero-order valence-corrected chi connectivity index (χ0v) is 7.78. The number of rotatable bonds is 0. The second kappa shape index (κ2) is 9.76. The standard InChI is InChI=1S/C3H10Si.C2H6S/c1-4(2)3;1-2-3/h4H,1-3H3;3H,2H2,1H3. The summed E-state index contributed by atoms with van der Waals surface area (Å²) in [6.07, 6.45) is 0. The molecule has 2 heteroatoms. The summed E-state index contributed by atoms with van der Waals surface area (Å²) in [5.41, 5.74) is 0. The topological polar surface area (TPSA) is 0 Å². The van der Waals surface area contributed by atoms with Gasteiger partial charge in [0.1, 0.15) is 0 Å². The van der Waals surface area contributed by atoms with Crippen LogP contribution >= 0.6 is 12.6 Å². The Labute approximate surface area is 54.3 Å². The molecule has 0 amide bonds. The van der Waals surface area contributed by atoms with Gasteiger partial charge in [-0.3, -0.25) is 0 Å². The van der Waals surface area contributed by atoms with Gasteiger partial charge in [0, 0.05) is 8.80 Å². The second-order valence-corrected chi connectivity index (χ2v) is 6.14. The molecule has 0 nitrogen and oxygen atoms in total. The molecule has 0 aromatic carbocycles. The Morgan fingerprint density at radius 2 is 1.29 bits per heavy atom. The maximum atomic E-state index is 3.79. The lowest BCUT2D eigenvalue weighted by molar-refractivity contribution is 1.54. The quantitative estimate of drug-likeness (QED) is 0.382. The van der Waals surface area contributed by atoms with E-state index in [-0.39, 0.29) is 8.80 Å². The van der Waals surface area contributed by atoms with Crippen LogP contribution in [0.15, 0.2) is 0 Å². The fourth-order valence-corrected chi connectivity index (χ4v) is 0. The van der Waals surface area contributed by atoms with E-state index in [4.69, 9.17) is 0 Å². The molecule has 7 heavy (non-hydrogen) atoms. The first-order valence-electron chi connectivity index (χ1n) is 2.76. The lowest BCUT2D eigenvalue weighted by Crippen LogP contribution is -1.84. The van der Waals surface area contributed by atoms with E-state index in [1.165, 1.54) is 0 Å². The molecular formula is C5H16SSi. The minimum absolute atomic E-state index is 0.139. The van der Waals surface area contributed by atoms with Crippen LogP contribution < -0.4 is 0 Å². The van der Waals surface area contributed by atoms with Gasteiger partial charge in [0.2, 0.25) is 0 Å². The molecule has 46 valence electrons. The normalized spacial score (nSPS) is 7.71. The van der Waals surface area contributed by atoms with E-state index in [9.17, 15) is 0 Å². The van der Waals surface area contributed by atoms with Gasteiger partial charge >= 0.3 is 0 Å². The molecule has 0 atom stereocenters. The first kappa shape index (κ1) is 10.5. The minimum atomic E-state index is -0.139. The van der Waals surface area contributed by atoms with E-state index in [0.29, 0.717) is 0 Å². The van der Waals surface area contributed by atoms with Crippen molar-refractivity contribution in [2.24, 2.45) is 0 Å². The Balaban J connectivity index is 0. The Morgan fingerprint density at radius 3 is 1.29 bits per heavy atom. The molecule has 0 aliphatic rings. The summed E-state index contributed by atoms with van der Waals surface area (Å²) < 4.78 is 0. The average molecular weight is 136 g/mol. The molecule has 0 N–H and O–H groups in total. The SMILES string of the molecule is CCS.C[SiH](C)C. The Kier molecular flexibility index (Phi) is 14.7. The molecule has 0 bridgehead atoms. The van der Waals surface area contributed by atoms with Crippen LogP contribution in [0, 0.1) is 0 Å². The summed E-state index contributed by atoms with van der Waals surface area (Å²) >= 11 is 3.79. The fraction of sp³-hybridized carbons (Fsp3) is 1.00. The van der Waals surface area contributed by atoms with Crippen molar-refractivity contribution in [2.75, 3.05) is 5.75 Å². The molecule has 0 radical (unpaired) electrons. The van der Waals surface area contributed by atoms with E-state index < -0.39 is 0 Å². The Bertz CT molecular complexity index is 19.3. The molecule has 0 spiro atoms. The van der Waals surface area contributed by atoms with Gasteiger partial charge in [-0.25, -0.2) is 0 Å². The summed E-state index contributed by atoms with van der Waals surface area (Å²) in [6, 6.07) is 0. The van der Waals surface area contributed by atoms with Gasteiger partial charge in [-0.15, -0.1) is 0 Å². The van der Waals surface area contributed by atoms with E-state index >= 15 is 0 Å². The van der Waals surface area contributed by atoms with E-state index in [1.54, 1.807) is 0 Å². The van der Waals surface area contributed by atoms with Gasteiger partial charge < -0.3 is 0 Å². The van der Waals surface area contributed by atoms with Crippen molar-refractivity contribution < 1.29 is 0 Å². The van der Waals surface area contributed by atoms with Crippen molar-refractivity contribution >= 4 is 21.4 Å². The summed E-state index contributed by atoms with van der Waals surface area (Å²) in [5.74, 6) is 0.944. The molecule has 0 aromatic rings. The van der Waals surface area contributed by atoms with Crippen LogP contribution in [0.2, 0.25) is 19.6 Å². The summed E-state index contributed by atoms with van der Waals surface area (Å²) in [4.78, 5) is 0. The van der Waals surface area contributed by atoms with E-state index in [2.05, 4.69) is 32.3 Å².